The molecular weight excluding hydrogens is 434 g/mol. The molecule has 1 aliphatic heterocycles. The highest BCUT2D eigenvalue weighted by molar-refractivity contribution is 8.01. The van der Waals surface area contributed by atoms with E-state index in [0.29, 0.717) is 22.6 Å². The lowest BCUT2D eigenvalue weighted by molar-refractivity contribution is -0.136. The third-order valence-corrected chi connectivity index (χ3v) is 7.13. The first-order chi connectivity index (χ1) is 15.0. The maximum absolute atomic E-state index is 12.9. The number of hydrogen-bond acceptors (Lipinski definition) is 6. The van der Waals surface area contributed by atoms with Gasteiger partial charge in [-0.2, -0.15) is 0 Å². The first-order valence-corrected chi connectivity index (χ1v) is 11.8. The first-order valence-electron chi connectivity index (χ1n) is 9.96. The predicted octanol–water partition coefficient (Wildman–Crippen LogP) is 4.35. The van der Waals surface area contributed by atoms with Crippen molar-refractivity contribution >= 4 is 56.8 Å². The Morgan fingerprint density at radius 1 is 1.10 bits per heavy atom. The molecule has 0 aliphatic carbocycles. The smallest absolute Gasteiger partial charge is 0.304 e. The molecule has 0 unspecified atom stereocenters. The summed E-state index contributed by atoms with van der Waals surface area (Å²) < 4.78 is 1.69. The van der Waals surface area contributed by atoms with Crippen molar-refractivity contribution in [1.29, 1.82) is 0 Å². The average Bonchev–Trinajstić information content (AvgIpc) is 3.42. The summed E-state index contributed by atoms with van der Waals surface area (Å²) in [5, 5.41) is 11.7. The Morgan fingerprint density at radius 2 is 1.84 bits per heavy atom. The molecule has 9 heteroatoms. The van der Waals surface area contributed by atoms with Gasteiger partial charge in [0.25, 0.3) is 11.8 Å². The van der Waals surface area contributed by atoms with Crippen LogP contribution in [-0.4, -0.2) is 51.6 Å². The van der Waals surface area contributed by atoms with Crippen molar-refractivity contribution in [2.24, 2.45) is 0 Å². The minimum Gasteiger partial charge on any atom is -0.481 e. The molecule has 2 N–H and O–H groups in total. The van der Waals surface area contributed by atoms with Gasteiger partial charge < -0.3 is 15.3 Å². The highest BCUT2D eigenvalue weighted by Crippen LogP contribution is 2.31. The minimum atomic E-state index is -0.831. The second-order valence-corrected chi connectivity index (χ2v) is 9.53. The summed E-state index contributed by atoms with van der Waals surface area (Å²) in [5.41, 5.74) is 2.18. The molecule has 1 aromatic heterocycles. The fraction of sp³-hybridized carbons (Fsp3) is 0.273. The van der Waals surface area contributed by atoms with E-state index in [1.54, 1.807) is 35.2 Å². The van der Waals surface area contributed by atoms with Crippen LogP contribution in [0.4, 0.5) is 5.69 Å². The van der Waals surface area contributed by atoms with Crippen LogP contribution in [0.5, 0.6) is 0 Å². The van der Waals surface area contributed by atoms with Crippen LogP contribution >= 0.6 is 23.1 Å². The first kappa shape index (κ1) is 21.3. The summed E-state index contributed by atoms with van der Waals surface area (Å²) in [6.07, 6.45) is 2.06. The molecule has 1 fully saturated rings. The number of likely N-dealkylation sites (tertiary alicyclic amines) is 1. The predicted molar refractivity (Wildman–Crippen MR) is 122 cm³/mol. The summed E-state index contributed by atoms with van der Waals surface area (Å²) in [5.74, 6) is -0.810. The Kier molecular flexibility index (Phi) is 6.53. The van der Waals surface area contributed by atoms with E-state index < -0.39 is 5.97 Å². The standard InChI is InChI=1S/C22H21N3O4S2/c26-19(27)9-12-30-22-24-17-8-7-14(13-18(17)31-22)23-20(28)15-5-1-2-6-16(15)21(29)25-10-3-4-11-25/h1-2,5-8,13H,3-4,9-12H2,(H,23,28)(H,26,27). The molecular formula is C22H21N3O4S2. The number of aliphatic carboxylic acids is 1. The van der Waals surface area contributed by atoms with Crippen LogP contribution in [0.1, 0.15) is 40.0 Å². The minimum absolute atomic E-state index is 0.0808. The van der Waals surface area contributed by atoms with Crippen LogP contribution in [0.25, 0.3) is 10.2 Å². The summed E-state index contributed by atoms with van der Waals surface area (Å²) in [4.78, 5) is 42.7. The topological polar surface area (TPSA) is 99.6 Å². The lowest BCUT2D eigenvalue weighted by Crippen LogP contribution is -2.29. The zero-order valence-corrected chi connectivity index (χ0v) is 18.3. The van der Waals surface area contributed by atoms with E-state index in [-0.39, 0.29) is 18.2 Å². The lowest BCUT2D eigenvalue weighted by Gasteiger charge is -2.17. The summed E-state index contributed by atoms with van der Waals surface area (Å²) in [6, 6.07) is 12.3. The molecule has 2 aromatic carbocycles. The van der Waals surface area contributed by atoms with Crippen molar-refractivity contribution in [1.82, 2.24) is 9.88 Å². The van der Waals surface area contributed by atoms with Gasteiger partial charge in [-0.15, -0.1) is 11.3 Å². The van der Waals surface area contributed by atoms with Gasteiger partial charge in [0, 0.05) is 24.5 Å². The molecule has 2 amide bonds. The van der Waals surface area contributed by atoms with Crippen molar-refractivity contribution in [3.05, 3.63) is 53.6 Å². The van der Waals surface area contributed by atoms with Gasteiger partial charge in [0.1, 0.15) is 0 Å². The third-order valence-electron chi connectivity index (χ3n) is 4.96. The maximum Gasteiger partial charge on any atom is 0.304 e. The van der Waals surface area contributed by atoms with Gasteiger partial charge in [-0.25, -0.2) is 4.98 Å². The van der Waals surface area contributed by atoms with E-state index in [2.05, 4.69) is 10.3 Å². The van der Waals surface area contributed by atoms with Crippen LogP contribution < -0.4 is 5.32 Å². The molecule has 3 aromatic rings. The highest BCUT2D eigenvalue weighted by atomic mass is 32.2. The summed E-state index contributed by atoms with van der Waals surface area (Å²) in [6.45, 7) is 1.45. The Bertz CT molecular complexity index is 1140. The van der Waals surface area contributed by atoms with Gasteiger partial charge >= 0.3 is 5.97 Å². The number of benzene rings is 2. The Labute approximate surface area is 187 Å². The van der Waals surface area contributed by atoms with E-state index in [9.17, 15) is 14.4 Å². The molecule has 0 radical (unpaired) electrons. The van der Waals surface area contributed by atoms with E-state index in [1.807, 2.05) is 12.1 Å². The fourth-order valence-electron chi connectivity index (χ4n) is 3.43. The average molecular weight is 456 g/mol. The number of thiazole rings is 1. The quantitative estimate of drug-likeness (QED) is 0.514. The third kappa shape index (κ3) is 5.05. The van der Waals surface area contributed by atoms with E-state index in [1.165, 1.54) is 23.1 Å². The second-order valence-electron chi connectivity index (χ2n) is 7.15. The van der Waals surface area contributed by atoms with Crippen LogP contribution in [0.3, 0.4) is 0 Å². The Balaban J connectivity index is 1.49. The van der Waals surface area contributed by atoms with Gasteiger partial charge in [0.2, 0.25) is 0 Å². The van der Waals surface area contributed by atoms with Crippen LogP contribution in [0.2, 0.25) is 0 Å². The number of nitrogens with zero attached hydrogens (tertiary/aromatic N) is 2. The van der Waals surface area contributed by atoms with Crippen LogP contribution in [-0.2, 0) is 4.79 Å². The van der Waals surface area contributed by atoms with Crippen molar-refractivity contribution in [3.8, 4) is 0 Å². The number of carboxylic acids is 1. The highest BCUT2D eigenvalue weighted by Gasteiger charge is 2.24. The number of hydrogen-bond donors (Lipinski definition) is 2. The maximum atomic E-state index is 12.9. The number of carboxylic acid groups (broad SMARTS) is 1. The zero-order valence-electron chi connectivity index (χ0n) is 16.7. The van der Waals surface area contributed by atoms with Crippen molar-refractivity contribution in [2.75, 3.05) is 24.2 Å². The Hall–Kier alpha value is -2.91. The second kappa shape index (κ2) is 9.49. The number of anilines is 1. The number of aromatic nitrogens is 1. The van der Waals surface area contributed by atoms with Gasteiger partial charge in [-0.1, -0.05) is 23.9 Å². The molecule has 160 valence electrons. The van der Waals surface area contributed by atoms with Crippen LogP contribution in [0, 0.1) is 0 Å². The molecule has 4 rings (SSSR count). The van der Waals surface area contributed by atoms with E-state index >= 15 is 0 Å². The normalized spacial score (nSPS) is 13.5. The Morgan fingerprint density at radius 3 is 2.58 bits per heavy atom. The van der Waals surface area contributed by atoms with Gasteiger partial charge in [0.15, 0.2) is 4.34 Å². The molecule has 7 nitrogen and oxygen atoms in total. The molecule has 31 heavy (non-hydrogen) atoms. The van der Waals surface area contributed by atoms with Crippen molar-refractivity contribution in [2.45, 2.75) is 23.6 Å². The molecule has 2 heterocycles. The number of thioether (sulfide) groups is 1. The summed E-state index contributed by atoms with van der Waals surface area (Å²) >= 11 is 2.86. The van der Waals surface area contributed by atoms with Gasteiger partial charge in [0.05, 0.1) is 27.8 Å². The lowest BCUT2D eigenvalue weighted by atomic mass is 10.1. The molecule has 1 aliphatic rings. The molecule has 0 saturated carbocycles. The van der Waals surface area contributed by atoms with E-state index in [0.717, 1.165) is 40.5 Å². The van der Waals surface area contributed by atoms with Gasteiger partial charge in [-0.05, 0) is 43.2 Å². The number of carbonyl (C=O) groups is 3. The van der Waals surface area contributed by atoms with Crippen LogP contribution in [0.15, 0.2) is 46.8 Å². The number of amides is 2. The van der Waals surface area contributed by atoms with Crippen molar-refractivity contribution in [3.63, 3.8) is 0 Å². The number of carbonyl (C=O) groups excluding carboxylic acids is 2. The largest absolute Gasteiger partial charge is 0.481 e. The molecule has 1 saturated heterocycles. The number of nitrogens with one attached hydrogen (secondary N) is 1. The molecule has 0 bridgehead atoms. The number of rotatable bonds is 7. The van der Waals surface area contributed by atoms with E-state index in [4.69, 9.17) is 5.11 Å². The SMILES string of the molecule is O=C(O)CCSc1nc2ccc(NC(=O)c3ccccc3C(=O)N3CCCC3)cc2s1. The number of fused-ring (bicyclic) bond motifs is 1. The molecule has 0 spiro atoms. The molecule has 0 atom stereocenters. The van der Waals surface area contributed by atoms with Gasteiger partial charge in [-0.3, -0.25) is 14.4 Å². The monoisotopic (exact) mass is 455 g/mol. The summed E-state index contributed by atoms with van der Waals surface area (Å²) in [7, 11) is 0. The zero-order chi connectivity index (χ0) is 21.8. The fourth-order valence-corrected chi connectivity index (χ4v) is 5.53. The van der Waals surface area contributed by atoms with Crippen molar-refractivity contribution < 1.29 is 19.5 Å².